The third-order valence-corrected chi connectivity index (χ3v) is 4.98. The quantitative estimate of drug-likeness (QED) is 0.619. The lowest BCUT2D eigenvalue weighted by Gasteiger charge is -2.15. The van der Waals surface area contributed by atoms with Crippen LogP contribution in [0, 0.1) is 11.3 Å². The van der Waals surface area contributed by atoms with Gasteiger partial charge in [-0.2, -0.15) is 5.26 Å². The van der Waals surface area contributed by atoms with Crippen LogP contribution in [0.25, 0.3) is 11.4 Å². The summed E-state index contributed by atoms with van der Waals surface area (Å²) in [7, 11) is 0. The normalized spacial score (nSPS) is 10.5. The second kappa shape index (κ2) is 9.21. The Morgan fingerprint density at radius 2 is 1.93 bits per heavy atom. The van der Waals surface area contributed by atoms with Gasteiger partial charge in [-0.15, -0.1) is 5.10 Å². The van der Waals surface area contributed by atoms with Crippen molar-refractivity contribution in [3.05, 3.63) is 41.7 Å². The van der Waals surface area contributed by atoms with E-state index < -0.39 is 0 Å². The van der Waals surface area contributed by atoms with E-state index >= 15 is 0 Å². The molecule has 3 aromatic rings. The third-order valence-electron chi connectivity index (χ3n) is 4.12. The summed E-state index contributed by atoms with van der Waals surface area (Å²) in [5.74, 6) is 0.974. The molecule has 144 valence electrons. The second-order valence-electron chi connectivity index (χ2n) is 5.90. The molecule has 0 aliphatic rings. The van der Waals surface area contributed by atoms with Gasteiger partial charge in [-0.25, -0.2) is 9.97 Å². The third kappa shape index (κ3) is 4.42. The van der Waals surface area contributed by atoms with Gasteiger partial charge in [0.25, 0.3) is 0 Å². The highest BCUT2D eigenvalue weighted by molar-refractivity contribution is 7.17. The number of ether oxygens (including phenoxy) is 1. The number of hydrogen-bond acceptors (Lipinski definition) is 9. The summed E-state index contributed by atoms with van der Waals surface area (Å²) in [5.41, 5.74) is 7.70. The highest BCUT2D eigenvalue weighted by Crippen LogP contribution is 2.35. The van der Waals surface area contributed by atoms with Crippen LogP contribution in [0.15, 0.2) is 30.6 Å². The summed E-state index contributed by atoms with van der Waals surface area (Å²) in [6.07, 6.45) is 4.22. The molecule has 0 fully saturated rings. The molecule has 2 heterocycles. The molecule has 2 N–H and O–H groups in total. The average Bonchev–Trinajstić information content (AvgIpc) is 3.18. The fourth-order valence-corrected chi connectivity index (χ4v) is 3.45. The van der Waals surface area contributed by atoms with Crippen molar-refractivity contribution in [2.45, 2.75) is 20.3 Å². The lowest BCUT2D eigenvalue weighted by atomic mass is 10.1. The van der Waals surface area contributed by atoms with E-state index in [9.17, 15) is 5.26 Å². The molecule has 8 nitrogen and oxygen atoms in total. The average molecular weight is 395 g/mol. The summed E-state index contributed by atoms with van der Waals surface area (Å²) in [6, 6.07) is 7.27. The van der Waals surface area contributed by atoms with Gasteiger partial charge in [0.05, 0.1) is 17.2 Å². The molecule has 0 saturated heterocycles. The van der Waals surface area contributed by atoms with E-state index in [4.69, 9.17) is 10.5 Å². The molecule has 9 heteroatoms. The number of anilines is 1. The van der Waals surface area contributed by atoms with Crippen molar-refractivity contribution in [2.24, 2.45) is 5.73 Å². The van der Waals surface area contributed by atoms with Crippen LogP contribution in [0.4, 0.5) is 5.13 Å². The smallest absolute Gasteiger partial charge is 0.301 e. The van der Waals surface area contributed by atoms with Gasteiger partial charge < -0.3 is 15.4 Å². The van der Waals surface area contributed by atoms with Crippen LogP contribution in [0.2, 0.25) is 0 Å². The van der Waals surface area contributed by atoms with E-state index in [-0.39, 0.29) is 0 Å². The number of nitrogens with zero attached hydrogens (tertiary/aromatic N) is 6. The lowest BCUT2D eigenvalue weighted by molar-refractivity contribution is 0.474. The Morgan fingerprint density at radius 3 is 2.57 bits per heavy atom. The summed E-state index contributed by atoms with van der Waals surface area (Å²) in [5, 5.41) is 18.8. The Bertz CT molecular complexity index is 961. The number of nitriles is 1. The van der Waals surface area contributed by atoms with Crippen LogP contribution in [0.5, 0.6) is 10.9 Å². The van der Waals surface area contributed by atoms with E-state index in [0.29, 0.717) is 34.4 Å². The molecule has 1 aromatic carbocycles. The van der Waals surface area contributed by atoms with Crippen LogP contribution in [-0.4, -0.2) is 39.8 Å². The van der Waals surface area contributed by atoms with Gasteiger partial charge in [0.2, 0.25) is 5.13 Å². The largest absolute Gasteiger partial charge is 0.429 e. The molecule has 0 bridgehead atoms. The minimum absolute atomic E-state index is 0.401. The fourth-order valence-electron chi connectivity index (χ4n) is 2.61. The van der Waals surface area contributed by atoms with Gasteiger partial charge in [-0.3, -0.25) is 0 Å². The fraction of sp³-hybridized carbons (Fsp3) is 0.316. The topological polar surface area (TPSA) is 114 Å². The van der Waals surface area contributed by atoms with Crippen molar-refractivity contribution >= 4 is 16.5 Å². The van der Waals surface area contributed by atoms with Gasteiger partial charge in [0, 0.05) is 25.5 Å². The van der Waals surface area contributed by atoms with Crippen LogP contribution in [0.1, 0.15) is 25.0 Å². The molecule has 0 radical (unpaired) electrons. The number of rotatable bonds is 8. The first kappa shape index (κ1) is 19.7. The van der Waals surface area contributed by atoms with E-state index in [1.165, 1.54) is 11.3 Å². The molecule has 0 amide bonds. The van der Waals surface area contributed by atoms with Crippen molar-refractivity contribution in [3.8, 4) is 28.4 Å². The van der Waals surface area contributed by atoms with E-state index in [1.807, 2.05) is 0 Å². The molecule has 28 heavy (non-hydrogen) atoms. The predicted molar refractivity (Wildman–Crippen MR) is 108 cm³/mol. The SMILES string of the molecule is CCN(CC)c1nnc(Oc2cc(C#N)ccc2-c2ncc(CCN)cn2)s1. The molecule has 0 aliphatic carbocycles. The van der Waals surface area contributed by atoms with Crippen LogP contribution in [0.3, 0.4) is 0 Å². The first-order valence-corrected chi connectivity index (χ1v) is 9.81. The Kier molecular flexibility index (Phi) is 6.47. The van der Waals surface area contributed by atoms with Crippen molar-refractivity contribution in [2.75, 3.05) is 24.5 Å². The summed E-state index contributed by atoms with van der Waals surface area (Å²) < 4.78 is 5.97. The number of aromatic nitrogens is 4. The number of hydrogen-bond donors (Lipinski definition) is 1. The number of benzene rings is 1. The Morgan fingerprint density at radius 1 is 1.18 bits per heavy atom. The van der Waals surface area contributed by atoms with Gasteiger partial charge >= 0.3 is 5.19 Å². The molecule has 2 aromatic heterocycles. The van der Waals surface area contributed by atoms with Gasteiger partial charge in [0.1, 0.15) is 5.75 Å². The van der Waals surface area contributed by atoms with E-state index in [2.05, 4.69) is 45.0 Å². The Labute approximate surface area is 167 Å². The highest BCUT2D eigenvalue weighted by atomic mass is 32.1. The summed E-state index contributed by atoms with van der Waals surface area (Å²) in [4.78, 5) is 10.9. The molecule has 0 aliphatic heterocycles. The van der Waals surface area contributed by atoms with Crippen molar-refractivity contribution in [3.63, 3.8) is 0 Å². The van der Waals surface area contributed by atoms with Gasteiger partial charge in [-0.05, 0) is 61.9 Å². The standard InChI is InChI=1S/C19H21N7OS/c1-3-26(4-2)18-24-25-19(28-18)27-16-9-13(10-21)5-6-15(16)17-22-11-14(7-8-20)12-23-17/h5-6,9,11-12H,3-4,7-8,20H2,1-2H3. The van der Waals surface area contributed by atoms with Crippen molar-refractivity contribution in [1.29, 1.82) is 5.26 Å². The van der Waals surface area contributed by atoms with E-state index in [1.54, 1.807) is 30.6 Å². The Balaban J connectivity index is 1.92. The molecular weight excluding hydrogens is 374 g/mol. The van der Waals surface area contributed by atoms with Gasteiger partial charge in [-0.1, -0.05) is 5.10 Å². The zero-order chi connectivity index (χ0) is 19.9. The minimum atomic E-state index is 0.401. The first-order valence-electron chi connectivity index (χ1n) is 9.00. The second-order valence-corrected chi connectivity index (χ2v) is 6.82. The summed E-state index contributed by atoms with van der Waals surface area (Å²) in [6.45, 7) is 6.34. The number of nitrogens with two attached hydrogens (primary N) is 1. The van der Waals surface area contributed by atoms with Crippen LogP contribution in [-0.2, 0) is 6.42 Å². The minimum Gasteiger partial charge on any atom is -0.429 e. The van der Waals surface area contributed by atoms with Gasteiger partial charge in [0.15, 0.2) is 5.82 Å². The van der Waals surface area contributed by atoms with Crippen LogP contribution >= 0.6 is 11.3 Å². The molecule has 0 unspecified atom stereocenters. The van der Waals surface area contributed by atoms with E-state index in [0.717, 1.165) is 30.2 Å². The highest BCUT2D eigenvalue weighted by Gasteiger charge is 2.16. The predicted octanol–water partition coefficient (Wildman–Crippen LogP) is 3.01. The van der Waals surface area contributed by atoms with Crippen LogP contribution < -0.4 is 15.4 Å². The molecular formula is C19H21N7OS. The molecule has 0 atom stereocenters. The molecule has 0 saturated carbocycles. The monoisotopic (exact) mass is 395 g/mol. The molecule has 3 rings (SSSR count). The maximum Gasteiger partial charge on any atom is 0.301 e. The maximum atomic E-state index is 9.25. The zero-order valence-corrected chi connectivity index (χ0v) is 16.6. The van der Waals surface area contributed by atoms with Crippen molar-refractivity contribution in [1.82, 2.24) is 20.2 Å². The summed E-state index contributed by atoms with van der Waals surface area (Å²) >= 11 is 1.36. The lowest BCUT2D eigenvalue weighted by Crippen LogP contribution is -2.21. The Hall–Kier alpha value is -3.09. The molecule has 0 spiro atoms. The maximum absolute atomic E-state index is 9.25. The first-order chi connectivity index (χ1) is 13.7. The zero-order valence-electron chi connectivity index (χ0n) is 15.8. The van der Waals surface area contributed by atoms with Crippen molar-refractivity contribution < 1.29 is 4.74 Å².